The number of ether oxygens (including phenoxy) is 1. The molecule has 32 heavy (non-hydrogen) atoms. The summed E-state index contributed by atoms with van der Waals surface area (Å²) in [5, 5.41) is 20.7. The van der Waals surface area contributed by atoms with Crippen molar-refractivity contribution in [1.29, 1.82) is 5.26 Å². The molecule has 10 heteroatoms. The number of anilines is 2. The second-order valence-corrected chi connectivity index (χ2v) is 8.06. The third kappa shape index (κ3) is 4.29. The standard InChI is InChI=1S/C22H20N6O3S/c1-14(28-17-5-3-4-6-18(17)31-12-20(28)30)21-25-26-22(27(21)2)32-13-19(29)24-16-9-7-15(11-23)8-10-16/h3-10,14H,12-13H2,1-2H3,(H,24,29)/t14-/m1/s1. The van der Waals surface area contributed by atoms with Crippen LogP contribution in [-0.4, -0.2) is 38.9 Å². The molecule has 0 bridgehead atoms. The molecular weight excluding hydrogens is 428 g/mol. The van der Waals surface area contributed by atoms with Crippen molar-refractivity contribution in [3.05, 3.63) is 59.9 Å². The van der Waals surface area contributed by atoms with E-state index in [9.17, 15) is 9.59 Å². The summed E-state index contributed by atoms with van der Waals surface area (Å²) < 4.78 is 7.30. The van der Waals surface area contributed by atoms with E-state index in [-0.39, 0.29) is 30.2 Å². The lowest BCUT2D eigenvalue weighted by Crippen LogP contribution is -2.41. The fraction of sp³-hybridized carbons (Fsp3) is 0.227. The van der Waals surface area contributed by atoms with Crippen LogP contribution in [0.5, 0.6) is 5.75 Å². The number of aromatic nitrogens is 3. The minimum absolute atomic E-state index is 0.0314. The zero-order valence-electron chi connectivity index (χ0n) is 17.5. The Bertz CT molecular complexity index is 1200. The van der Waals surface area contributed by atoms with Gasteiger partial charge in [-0.3, -0.25) is 14.5 Å². The number of nitrogens with zero attached hydrogens (tertiary/aromatic N) is 5. The molecule has 0 aliphatic carbocycles. The molecule has 1 aliphatic heterocycles. The van der Waals surface area contributed by atoms with Gasteiger partial charge in [-0.15, -0.1) is 10.2 Å². The Labute approximate surface area is 189 Å². The topological polar surface area (TPSA) is 113 Å². The number of benzene rings is 2. The zero-order chi connectivity index (χ0) is 22.7. The number of carbonyl (C=O) groups is 2. The lowest BCUT2D eigenvalue weighted by atomic mass is 10.1. The highest BCUT2D eigenvalue weighted by atomic mass is 32.2. The van der Waals surface area contributed by atoms with Crippen LogP contribution < -0.4 is 15.0 Å². The van der Waals surface area contributed by atoms with E-state index in [0.717, 1.165) is 0 Å². The van der Waals surface area contributed by atoms with Crippen LogP contribution in [0.1, 0.15) is 24.4 Å². The summed E-state index contributed by atoms with van der Waals surface area (Å²) in [5.74, 6) is 1.03. The summed E-state index contributed by atoms with van der Waals surface area (Å²) >= 11 is 1.25. The highest BCUT2D eigenvalue weighted by Gasteiger charge is 2.32. The number of hydrogen-bond donors (Lipinski definition) is 1. The van der Waals surface area contributed by atoms with E-state index in [4.69, 9.17) is 10.00 Å². The predicted octanol–water partition coefficient (Wildman–Crippen LogP) is 2.90. The van der Waals surface area contributed by atoms with Gasteiger partial charge in [0, 0.05) is 12.7 Å². The minimum atomic E-state index is -0.369. The van der Waals surface area contributed by atoms with Crippen molar-refractivity contribution in [1.82, 2.24) is 14.8 Å². The summed E-state index contributed by atoms with van der Waals surface area (Å²) in [5.41, 5.74) is 1.83. The molecule has 1 atom stereocenters. The average molecular weight is 449 g/mol. The Balaban J connectivity index is 1.43. The average Bonchev–Trinajstić information content (AvgIpc) is 3.18. The van der Waals surface area contributed by atoms with Crippen molar-refractivity contribution < 1.29 is 14.3 Å². The molecule has 1 N–H and O–H groups in total. The Morgan fingerprint density at radius 3 is 2.75 bits per heavy atom. The normalized spacial score (nSPS) is 13.7. The maximum atomic E-state index is 12.6. The van der Waals surface area contributed by atoms with Gasteiger partial charge < -0.3 is 14.6 Å². The van der Waals surface area contributed by atoms with E-state index in [1.165, 1.54) is 11.8 Å². The maximum Gasteiger partial charge on any atom is 0.265 e. The molecule has 4 rings (SSSR count). The molecule has 0 fully saturated rings. The maximum absolute atomic E-state index is 12.6. The van der Waals surface area contributed by atoms with Gasteiger partial charge in [-0.1, -0.05) is 23.9 Å². The number of para-hydroxylation sites is 2. The van der Waals surface area contributed by atoms with Gasteiger partial charge in [0.2, 0.25) is 5.91 Å². The number of nitriles is 1. The van der Waals surface area contributed by atoms with Crippen molar-refractivity contribution >= 4 is 35.0 Å². The van der Waals surface area contributed by atoms with E-state index in [0.29, 0.717) is 33.7 Å². The largest absolute Gasteiger partial charge is 0.482 e. The van der Waals surface area contributed by atoms with Crippen LogP contribution in [0, 0.1) is 11.3 Å². The summed E-state index contributed by atoms with van der Waals surface area (Å²) in [6.45, 7) is 1.85. The zero-order valence-corrected chi connectivity index (χ0v) is 18.3. The highest BCUT2D eigenvalue weighted by molar-refractivity contribution is 7.99. The number of carbonyl (C=O) groups excluding carboxylic acids is 2. The first-order valence-electron chi connectivity index (χ1n) is 9.84. The molecule has 2 amide bonds. The van der Waals surface area contributed by atoms with E-state index in [1.807, 2.05) is 44.3 Å². The van der Waals surface area contributed by atoms with E-state index < -0.39 is 0 Å². The molecule has 1 aromatic heterocycles. The van der Waals surface area contributed by atoms with E-state index in [1.54, 1.807) is 33.7 Å². The summed E-state index contributed by atoms with van der Waals surface area (Å²) in [4.78, 5) is 26.5. The molecule has 0 unspecified atom stereocenters. The van der Waals surface area contributed by atoms with Crippen molar-refractivity contribution in [3.63, 3.8) is 0 Å². The van der Waals surface area contributed by atoms with Crippen LogP contribution in [-0.2, 0) is 16.6 Å². The number of nitrogens with one attached hydrogen (secondary N) is 1. The molecule has 0 saturated carbocycles. The molecule has 0 radical (unpaired) electrons. The van der Waals surface area contributed by atoms with Crippen molar-refractivity contribution in [2.75, 3.05) is 22.6 Å². The fourth-order valence-corrected chi connectivity index (χ4v) is 4.15. The molecule has 162 valence electrons. The number of hydrogen-bond acceptors (Lipinski definition) is 7. The number of fused-ring (bicyclic) bond motifs is 1. The van der Waals surface area contributed by atoms with Crippen molar-refractivity contribution in [3.8, 4) is 11.8 Å². The molecule has 3 aromatic rings. The lowest BCUT2D eigenvalue weighted by molar-refractivity contribution is -0.121. The predicted molar refractivity (Wildman–Crippen MR) is 119 cm³/mol. The van der Waals surface area contributed by atoms with Gasteiger partial charge in [0.15, 0.2) is 17.6 Å². The number of amides is 2. The van der Waals surface area contributed by atoms with Gasteiger partial charge in [0.05, 0.1) is 29.1 Å². The quantitative estimate of drug-likeness (QED) is 0.577. The van der Waals surface area contributed by atoms with Crippen LogP contribution in [0.25, 0.3) is 0 Å². The van der Waals surface area contributed by atoms with Crippen LogP contribution in [0.4, 0.5) is 11.4 Å². The number of thioether (sulfide) groups is 1. The third-order valence-electron chi connectivity index (χ3n) is 5.00. The van der Waals surface area contributed by atoms with Crippen molar-refractivity contribution in [2.45, 2.75) is 18.1 Å². The summed E-state index contributed by atoms with van der Waals surface area (Å²) in [6, 6.07) is 15.7. The van der Waals surface area contributed by atoms with Crippen LogP contribution in [0.3, 0.4) is 0 Å². The Morgan fingerprint density at radius 1 is 1.25 bits per heavy atom. The van der Waals surface area contributed by atoms with Crippen LogP contribution in [0.2, 0.25) is 0 Å². The van der Waals surface area contributed by atoms with Gasteiger partial charge >= 0.3 is 0 Å². The first kappa shape index (κ1) is 21.4. The van der Waals surface area contributed by atoms with Gasteiger partial charge in [0.25, 0.3) is 5.91 Å². The Hall–Kier alpha value is -3.84. The Morgan fingerprint density at radius 2 is 2.00 bits per heavy atom. The third-order valence-corrected chi connectivity index (χ3v) is 6.02. The molecule has 2 heterocycles. The number of rotatable bonds is 6. The van der Waals surface area contributed by atoms with Crippen LogP contribution >= 0.6 is 11.8 Å². The molecule has 0 saturated heterocycles. The van der Waals surface area contributed by atoms with E-state index >= 15 is 0 Å². The van der Waals surface area contributed by atoms with Gasteiger partial charge in [0.1, 0.15) is 5.75 Å². The monoisotopic (exact) mass is 448 g/mol. The van der Waals surface area contributed by atoms with Crippen LogP contribution in [0.15, 0.2) is 53.7 Å². The molecule has 2 aromatic carbocycles. The smallest absolute Gasteiger partial charge is 0.265 e. The van der Waals surface area contributed by atoms with Gasteiger partial charge in [-0.05, 0) is 43.3 Å². The van der Waals surface area contributed by atoms with Gasteiger partial charge in [-0.2, -0.15) is 5.26 Å². The molecule has 0 spiro atoms. The lowest BCUT2D eigenvalue weighted by Gasteiger charge is -2.33. The first-order valence-corrected chi connectivity index (χ1v) is 10.8. The summed E-state index contributed by atoms with van der Waals surface area (Å²) in [7, 11) is 1.81. The van der Waals surface area contributed by atoms with Gasteiger partial charge in [-0.25, -0.2) is 0 Å². The fourth-order valence-electron chi connectivity index (χ4n) is 3.43. The van der Waals surface area contributed by atoms with Crippen molar-refractivity contribution in [2.24, 2.45) is 7.05 Å². The second kappa shape index (κ2) is 9.11. The first-order chi connectivity index (χ1) is 15.5. The molecule has 1 aliphatic rings. The Kier molecular flexibility index (Phi) is 6.09. The minimum Gasteiger partial charge on any atom is -0.482 e. The molecular formula is C22H20N6O3S. The molecule has 9 nitrogen and oxygen atoms in total. The second-order valence-electron chi connectivity index (χ2n) is 7.12. The SMILES string of the molecule is C[C@H](c1nnc(SCC(=O)Nc2ccc(C#N)cc2)n1C)N1C(=O)COc2ccccc21. The van der Waals surface area contributed by atoms with E-state index in [2.05, 4.69) is 15.5 Å². The summed E-state index contributed by atoms with van der Waals surface area (Å²) in [6.07, 6.45) is 0. The highest BCUT2D eigenvalue weighted by Crippen LogP contribution is 2.37.